The van der Waals surface area contributed by atoms with Gasteiger partial charge in [-0.1, -0.05) is 19.9 Å². The van der Waals surface area contributed by atoms with Gasteiger partial charge in [0, 0.05) is 12.6 Å². The molecule has 82 valence electrons. The van der Waals surface area contributed by atoms with E-state index >= 15 is 0 Å². The van der Waals surface area contributed by atoms with Crippen molar-refractivity contribution in [2.75, 3.05) is 11.1 Å². The largest absolute Gasteiger partial charge is 0.397 e. The maximum absolute atomic E-state index is 5.94. The fourth-order valence-corrected chi connectivity index (χ4v) is 1.77. The molecule has 0 heterocycles. The molecule has 1 aliphatic rings. The van der Waals surface area contributed by atoms with Gasteiger partial charge in [-0.2, -0.15) is 0 Å². The average Bonchev–Trinajstić information content (AvgIpc) is 2.77. The highest BCUT2D eigenvalue weighted by molar-refractivity contribution is 5.68. The molecule has 0 aromatic heterocycles. The summed E-state index contributed by atoms with van der Waals surface area (Å²) >= 11 is 0. The summed E-state index contributed by atoms with van der Waals surface area (Å²) in [5, 5.41) is 3.46. The number of nitrogens with two attached hydrogens (primary N) is 2. The van der Waals surface area contributed by atoms with Crippen LogP contribution >= 0.6 is 0 Å². The van der Waals surface area contributed by atoms with E-state index in [2.05, 4.69) is 19.2 Å². The van der Waals surface area contributed by atoms with Crippen LogP contribution in [0.5, 0.6) is 0 Å². The molecule has 15 heavy (non-hydrogen) atoms. The van der Waals surface area contributed by atoms with E-state index in [1.807, 2.05) is 18.2 Å². The number of hydrogen-bond acceptors (Lipinski definition) is 3. The van der Waals surface area contributed by atoms with Crippen LogP contribution in [0, 0.1) is 5.41 Å². The third kappa shape index (κ3) is 2.07. The minimum atomic E-state index is 0.416. The van der Waals surface area contributed by atoms with E-state index in [0.29, 0.717) is 18.0 Å². The first-order chi connectivity index (χ1) is 7.03. The van der Waals surface area contributed by atoms with E-state index in [1.54, 1.807) is 0 Å². The molecule has 1 saturated carbocycles. The molecule has 0 aliphatic heterocycles. The number of rotatable bonds is 3. The van der Waals surface area contributed by atoms with Gasteiger partial charge in [-0.3, -0.25) is 0 Å². The molecule has 0 radical (unpaired) electrons. The van der Waals surface area contributed by atoms with E-state index in [9.17, 15) is 0 Å². The predicted molar refractivity (Wildman–Crippen MR) is 64.6 cm³/mol. The van der Waals surface area contributed by atoms with Crippen molar-refractivity contribution >= 4 is 11.4 Å². The SMILES string of the molecule is CC1(C)CC1Nc1ccc(CN)cc1N. The van der Waals surface area contributed by atoms with Crippen LogP contribution in [0.15, 0.2) is 18.2 Å². The van der Waals surface area contributed by atoms with Gasteiger partial charge in [-0.15, -0.1) is 0 Å². The molecule has 0 saturated heterocycles. The molecule has 3 nitrogen and oxygen atoms in total. The fraction of sp³-hybridized carbons (Fsp3) is 0.500. The first-order valence-corrected chi connectivity index (χ1v) is 5.38. The molecule has 2 rings (SSSR count). The lowest BCUT2D eigenvalue weighted by molar-refractivity contribution is 0.631. The molecule has 1 aromatic carbocycles. The first kappa shape index (κ1) is 10.3. The second-order valence-electron chi connectivity index (χ2n) is 5.02. The third-order valence-corrected chi connectivity index (χ3v) is 3.19. The Morgan fingerprint density at radius 3 is 2.60 bits per heavy atom. The molecule has 1 fully saturated rings. The van der Waals surface area contributed by atoms with Crippen molar-refractivity contribution in [1.82, 2.24) is 0 Å². The Kier molecular flexibility index (Phi) is 2.35. The highest BCUT2D eigenvalue weighted by Gasteiger charge is 2.45. The lowest BCUT2D eigenvalue weighted by Crippen LogP contribution is -2.10. The Bertz CT molecular complexity index is 371. The van der Waals surface area contributed by atoms with E-state index < -0.39 is 0 Å². The first-order valence-electron chi connectivity index (χ1n) is 5.38. The van der Waals surface area contributed by atoms with Crippen LogP contribution in [-0.2, 0) is 6.54 Å². The zero-order chi connectivity index (χ0) is 11.1. The smallest absolute Gasteiger partial charge is 0.0576 e. The summed E-state index contributed by atoms with van der Waals surface area (Å²) in [6.45, 7) is 5.06. The van der Waals surface area contributed by atoms with Gasteiger partial charge in [0.25, 0.3) is 0 Å². The van der Waals surface area contributed by atoms with Crippen LogP contribution in [0.1, 0.15) is 25.8 Å². The Balaban J connectivity index is 2.09. The molecule has 1 atom stereocenters. The quantitative estimate of drug-likeness (QED) is 0.661. The van der Waals surface area contributed by atoms with E-state index in [0.717, 1.165) is 16.9 Å². The summed E-state index contributed by atoms with van der Waals surface area (Å²) in [4.78, 5) is 0. The summed E-state index contributed by atoms with van der Waals surface area (Å²) in [7, 11) is 0. The molecule has 1 aliphatic carbocycles. The van der Waals surface area contributed by atoms with Crippen molar-refractivity contribution in [3.63, 3.8) is 0 Å². The molecule has 5 N–H and O–H groups in total. The van der Waals surface area contributed by atoms with Gasteiger partial charge in [-0.25, -0.2) is 0 Å². The van der Waals surface area contributed by atoms with Gasteiger partial charge in [0.15, 0.2) is 0 Å². The average molecular weight is 205 g/mol. The van der Waals surface area contributed by atoms with Crippen molar-refractivity contribution in [3.05, 3.63) is 23.8 Å². The molecular weight excluding hydrogens is 186 g/mol. The number of nitrogens with one attached hydrogen (secondary N) is 1. The van der Waals surface area contributed by atoms with Gasteiger partial charge in [0.2, 0.25) is 0 Å². The van der Waals surface area contributed by atoms with Crippen molar-refractivity contribution in [2.45, 2.75) is 32.9 Å². The Morgan fingerprint density at radius 2 is 2.13 bits per heavy atom. The van der Waals surface area contributed by atoms with Gasteiger partial charge < -0.3 is 16.8 Å². The maximum Gasteiger partial charge on any atom is 0.0576 e. The standard InChI is InChI=1S/C12H19N3/c1-12(2)6-11(12)15-10-4-3-8(7-13)5-9(10)14/h3-5,11,15H,6-7,13-14H2,1-2H3. The second-order valence-corrected chi connectivity index (χ2v) is 5.02. The highest BCUT2D eigenvalue weighted by Crippen LogP contribution is 2.47. The van der Waals surface area contributed by atoms with Gasteiger partial charge >= 0.3 is 0 Å². The summed E-state index contributed by atoms with van der Waals surface area (Å²) in [5.41, 5.74) is 14.8. The number of benzene rings is 1. The molecule has 0 amide bonds. The summed E-state index contributed by atoms with van der Waals surface area (Å²) in [6, 6.07) is 6.54. The molecular formula is C12H19N3. The van der Waals surface area contributed by atoms with Crippen LogP contribution in [0.3, 0.4) is 0 Å². The van der Waals surface area contributed by atoms with Crippen LogP contribution in [0.2, 0.25) is 0 Å². The van der Waals surface area contributed by atoms with Crippen molar-refractivity contribution in [3.8, 4) is 0 Å². The summed E-state index contributed by atoms with van der Waals surface area (Å²) < 4.78 is 0. The van der Waals surface area contributed by atoms with Crippen LogP contribution in [0.25, 0.3) is 0 Å². The fourth-order valence-electron chi connectivity index (χ4n) is 1.77. The molecule has 0 spiro atoms. The van der Waals surface area contributed by atoms with Crippen molar-refractivity contribution < 1.29 is 0 Å². The van der Waals surface area contributed by atoms with Gasteiger partial charge in [0.05, 0.1) is 11.4 Å². The minimum absolute atomic E-state index is 0.416. The molecule has 0 bridgehead atoms. The Hall–Kier alpha value is -1.22. The van der Waals surface area contributed by atoms with E-state index in [-0.39, 0.29) is 0 Å². The number of hydrogen-bond donors (Lipinski definition) is 3. The van der Waals surface area contributed by atoms with Crippen LogP contribution in [-0.4, -0.2) is 6.04 Å². The summed E-state index contributed by atoms with van der Waals surface area (Å²) in [5.74, 6) is 0. The van der Waals surface area contributed by atoms with Crippen LogP contribution < -0.4 is 16.8 Å². The number of nitrogen functional groups attached to an aromatic ring is 1. The number of anilines is 2. The van der Waals surface area contributed by atoms with Gasteiger partial charge in [0.1, 0.15) is 0 Å². The monoisotopic (exact) mass is 205 g/mol. The predicted octanol–water partition coefficient (Wildman–Crippen LogP) is 1.94. The maximum atomic E-state index is 5.94. The molecule has 3 heteroatoms. The topological polar surface area (TPSA) is 64.1 Å². The second kappa shape index (κ2) is 3.42. The summed E-state index contributed by atoms with van der Waals surface area (Å²) in [6.07, 6.45) is 1.21. The third-order valence-electron chi connectivity index (χ3n) is 3.19. The zero-order valence-corrected chi connectivity index (χ0v) is 9.38. The van der Waals surface area contributed by atoms with E-state index in [1.165, 1.54) is 6.42 Å². The lowest BCUT2D eigenvalue weighted by atomic mass is 10.1. The molecule has 1 aromatic rings. The van der Waals surface area contributed by atoms with Crippen molar-refractivity contribution in [2.24, 2.45) is 11.1 Å². The van der Waals surface area contributed by atoms with Crippen LogP contribution in [0.4, 0.5) is 11.4 Å². The van der Waals surface area contributed by atoms with Gasteiger partial charge in [-0.05, 0) is 29.5 Å². The lowest BCUT2D eigenvalue weighted by Gasteiger charge is -2.11. The van der Waals surface area contributed by atoms with Crippen molar-refractivity contribution in [1.29, 1.82) is 0 Å². The van der Waals surface area contributed by atoms with E-state index in [4.69, 9.17) is 11.5 Å². The zero-order valence-electron chi connectivity index (χ0n) is 9.38. The highest BCUT2D eigenvalue weighted by atomic mass is 15.0. The minimum Gasteiger partial charge on any atom is -0.397 e. The Morgan fingerprint density at radius 1 is 1.47 bits per heavy atom. The Labute approximate surface area is 90.8 Å². The molecule has 1 unspecified atom stereocenters. The normalized spacial score (nSPS) is 22.5.